The molecule has 0 aliphatic heterocycles. The van der Waals surface area contributed by atoms with Crippen molar-refractivity contribution in [2.45, 2.75) is 11.1 Å². The number of rotatable bonds is 6. The van der Waals surface area contributed by atoms with Gasteiger partial charge in [-0.2, -0.15) is 13.2 Å². The molecule has 162 valence electrons. The molecule has 0 heterocycles. The van der Waals surface area contributed by atoms with Crippen molar-refractivity contribution in [3.05, 3.63) is 90.2 Å². The van der Waals surface area contributed by atoms with Crippen LogP contribution in [0, 0.1) is 5.82 Å². The van der Waals surface area contributed by atoms with E-state index in [4.69, 9.17) is 0 Å². The van der Waals surface area contributed by atoms with Crippen molar-refractivity contribution in [2.75, 3.05) is 16.2 Å². The standard InChI is InChI=1S/C21H16F4N2O3S/c22-16-9-11-18(12-10-16)27(31(29,30)19-7-2-1-3-8-19)14-20(28)26-17-6-4-5-15(13-17)21(23,24)25/h1-13H,14H2,(H,26,28). The van der Waals surface area contributed by atoms with Crippen LogP contribution in [0.15, 0.2) is 83.8 Å². The third kappa shape index (κ3) is 5.40. The number of sulfonamides is 1. The molecule has 0 radical (unpaired) electrons. The second-order valence-electron chi connectivity index (χ2n) is 6.43. The van der Waals surface area contributed by atoms with E-state index in [0.29, 0.717) is 0 Å². The van der Waals surface area contributed by atoms with Gasteiger partial charge in [-0.05, 0) is 54.6 Å². The summed E-state index contributed by atoms with van der Waals surface area (Å²) in [6.07, 6.45) is -4.60. The van der Waals surface area contributed by atoms with Crippen molar-refractivity contribution in [1.82, 2.24) is 0 Å². The number of hydrogen-bond acceptors (Lipinski definition) is 3. The number of alkyl halides is 3. The summed E-state index contributed by atoms with van der Waals surface area (Å²) in [6, 6.07) is 15.7. The van der Waals surface area contributed by atoms with Crippen molar-refractivity contribution in [2.24, 2.45) is 0 Å². The molecular weight excluding hydrogens is 436 g/mol. The molecule has 10 heteroatoms. The van der Waals surface area contributed by atoms with Crippen LogP contribution in [0.2, 0.25) is 0 Å². The van der Waals surface area contributed by atoms with Gasteiger partial charge in [-0.3, -0.25) is 9.10 Å². The van der Waals surface area contributed by atoms with Gasteiger partial charge in [0.05, 0.1) is 16.1 Å². The van der Waals surface area contributed by atoms with Crippen molar-refractivity contribution < 1.29 is 30.8 Å². The highest BCUT2D eigenvalue weighted by Crippen LogP contribution is 2.31. The Morgan fingerprint density at radius 2 is 1.55 bits per heavy atom. The molecule has 0 saturated carbocycles. The SMILES string of the molecule is O=C(CN(c1ccc(F)cc1)S(=O)(=O)c1ccccc1)Nc1cccc(C(F)(F)F)c1. The molecule has 3 rings (SSSR count). The van der Waals surface area contributed by atoms with E-state index in [1.807, 2.05) is 0 Å². The lowest BCUT2D eigenvalue weighted by molar-refractivity contribution is -0.137. The molecule has 0 saturated heterocycles. The molecule has 31 heavy (non-hydrogen) atoms. The number of benzene rings is 3. The van der Waals surface area contributed by atoms with Gasteiger partial charge in [0.15, 0.2) is 0 Å². The maximum atomic E-state index is 13.3. The summed E-state index contributed by atoms with van der Waals surface area (Å²) in [4.78, 5) is 12.4. The molecule has 1 N–H and O–H groups in total. The van der Waals surface area contributed by atoms with Crippen LogP contribution in [-0.2, 0) is 21.0 Å². The topological polar surface area (TPSA) is 66.5 Å². The third-order valence-corrected chi connectivity index (χ3v) is 5.99. The second kappa shape index (κ2) is 8.76. The normalized spacial score (nSPS) is 11.7. The number of amides is 1. The monoisotopic (exact) mass is 452 g/mol. The van der Waals surface area contributed by atoms with Gasteiger partial charge in [-0.1, -0.05) is 24.3 Å². The molecule has 0 fully saturated rings. The minimum absolute atomic E-state index is 0.0180. The Morgan fingerprint density at radius 3 is 2.16 bits per heavy atom. The summed E-state index contributed by atoms with van der Waals surface area (Å²) >= 11 is 0. The van der Waals surface area contributed by atoms with Crippen molar-refractivity contribution in [3.8, 4) is 0 Å². The summed E-state index contributed by atoms with van der Waals surface area (Å²) < 4.78 is 78.9. The van der Waals surface area contributed by atoms with Gasteiger partial charge >= 0.3 is 6.18 Å². The highest BCUT2D eigenvalue weighted by molar-refractivity contribution is 7.92. The van der Waals surface area contributed by atoms with E-state index in [-0.39, 0.29) is 16.3 Å². The molecule has 0 spiro atoms. The molecule has 0 aliphatic carbocycles. The average molecular weight is 452 g/mol. The molecule has 0 unspecified atom stereocenters. The summed E-state index contributed by atoms with van der Waals surface area (Å²) in [7, 11) is -4.22. The van der Waals surface area contributed by atoms with E-state index in [0.717, 1.165) is 34.6 Å². The molecule has 0 aliphatic rings. The quantitative estimate of drug-likeness (QED) is 0.553. The fourth-order valence-corrected chi connectivity index (χ4v) is 4.19. The van der Waals surface area contributed by atoms with Gasteiger partial charge in [0.2, 0.25) is 5.91 Å². The Hall–Kier alpha value is -3.40. The van der Waals surface area contributed by atoms with Gasteiger partial charge in [0.1, 0.15) is 12.4 Å². The van der Waals surface area contributed by atoms with Gasteiger partial charge in [-0.15, -0.1) is 0 Å². The lowest BCUT2D eigenvalue weighted by Gasteiger charge is -2.24. The van der Waals surface area contributed by atoms with E-state index >= 15 is 0 Å². The number of carbonyl (C=O) groups excluding carboxylic acids is 1. The van der Waals surface area contributed by atoms with Gasteiger partial charge in [0, 0.05) is 5.69 Å². The van der Waals surface area contributed by atoms with E-state index in [1.54, 1.807) is 6.07 Å². The highest BCUT2D eigenvalue weighted by atomic mass is 32.2. The van der Waals surface area contributed by atoms with Gasteiger partial charge in [0.25, 0.3) is 10.0 Å². The predicted octanol–water partition coefficient (Wildman–Crippen LogP) is 4.68. The van der Waals surface area contributed by atoms with E-state index in [1.165, 1.54) is 42.5 Å². The number of nitrogens with zero attached hydrogens (tertiary/aromatic N) is 1. The summed E-state index contributed by atoms with van der Waals surface area (Å²) in [6.45, 7) is -0.737. The largest absolute Gasteiger partial charge is 0.416 e. The first-order chi connectivity index (χ1) is 14.6. The Morgan fingerprint density at radius 1 is 0.903 bits per heavy atom. The van der Waals surface area contributed by atoms with Gasteiger partial charge in [-0.25, -0.2) is 12.8 Å². The number of halogens is 4. The van der Waals surface area contributed by atoms with Crippen LogP contribution >= 0.6 is 0 Å². The van der Waals surface area contributed by atoms with E-state index in [2.05, 4.69) is 5.32 Å². The van der Waals surface area contributed by atoms with Crippen LogP contribution in [0.1, 0.15) is 5.56 Å². The number of anilines is 2. The number of nitrogens with one attached hydrogen (secondary N) is 1. The van der Waals surface area contributed by atoms with Crippen LogP contribution < -0.4 is 9.62 Å². The Balaban J connectivity index is 1.90. The molecule has 3 aromatic rings. The maximum absolute atomic E-state index is 13.3. The molecule has 0 bridgehead atoms. The average Bonchev–Trinajstić information content (AvgIpc) is 2.73. The van der Waals surface area contributed by atoms with Crippen LogP contribution in [0.3, 0.4) is 0 Å². The molecule has 1 amide bonds. The summed E-state index contributed by atoms with van der Waals surface area (Å²) in [5, 5.41) is 2.27. The van der Waals surface area contributed by atoms with Crippen molar-refractivity contribution >= 4 is 27.3 Å². The molecule has 0 aromatic heterocycles. The molecule has 0 atom stereocenters. The fraction of sp³-hybridized carbons (Fsp3) is 0.0952. The second-order valence-corrected chi connectivity index (χ2v) is 8.29. The van der Waals surface area contributed by atoms with Crippen molar-refractivity contribution in [3.63, 3.8) is 0 Å². The Labute approximate surface area is 176 Å². The fourth-order valence-electron chi connectivity index (χ4n) is 2.75. The zero-order chi connectivity index (χ0) is 22.6. The first-order valence-corrected chi connectivity index (χ1v) is 10.3. The Kier molecular flexibility index (Phi) is 6.30. The smallest absolute Gasteiger partial charge is 0.325 e. The van der Waals surface area contributed by atoms with Crippen LogP contribution in [0.4, 0.5) is 28.9 Å². The van der Waals surface area contributed by atoms with E-state index in [9.17, 15) is 30.8 Å². The zero-order valence-electron chi connectivity index (χ0n) is 15.8. The minimum Gasteiger partial charge on any atom is -0.325 e. The molecule has 5 nitrogen and oxygen atoms in total. The molecule has 3 aromatic carbocycles. The minimum atomic E-state index is -4.60. The first kappa shape index (κ1) is 22.3. The summed E-state index contributed by atoms with van der Waals surface area (Å²) in [5.74, 6) is -1.47. The van der Waals surface area contributed by atoms with Crippen LogP contribution in [0.25, 0.3) is 0 Å². The summed E-state index contributed by atoms with van der Waals surface area (Å²) in [5.41, 5.74) is -1.09. The lowest BCUT2D eigenvalue weighted by Crippen LogP contribution is -2.38. The van der Waals surface area contributed by atoms with Crippen LogP contribution in [-0.4, -0.2) is 20.9 Å². The van der Waals surface area contributed by atoms with Gasteiger partial charge < -0.3 is 5.32 Å². The highest BCUT2D eigenvalue weighted by Gasteiger charge is 2.31. The first-order valence-electron chi connectivity index (χ1n) is 8.88. The zero-order valence-corrected chi connectivity index (χ0v) is 16.6. The lowest BCUT2D eigenvalue weighted by atomic mass is 10.2. The molecular formula is C21H16F4N2O3S. The maximum Gasteiger partial charge on any atom is 0.416 e. The number of carbonyl (C=O) groups is 1. The predicted molar refractivity (Wildman–Crippen MR) is 107 cm³/mol. The Bertz CT molecular complexity index is 1170. The third-order valence-electron chi connectivity index (χ3n) is 4.21. The number of hydrogen-bond donors (Lipinski definition) is 1. The van der Waals surface area contributed by atoms with E-state index < -0.39 is 40.0 Å². The van der Waals surface area contributed by atoms with Crippen molar-refractivity contribution in [1.29, 1.82) is 0 Å². The van der Waals surface area contributed by atoms with Crippen LogP contribution in [0.5, 0.6) is 0 Å².